The molecule has 0 saturated carbocycles. The van der Waals surface area contributed by atoms with Crippen LogP contribution in [0.4, 0.5) is 0 Å². The molecule has 1 heterocycles. The van der Waals surface area contributed by atoms with E-state index in [1.54, 1.807) is 11.3 Å². The van der Waals surface area contributed by atoms with Crippen molar-refractivity contribution in [3.63, 3.8) is 0 Å². The largest absolute Gasteiger partial charge is 0.320 e. The molecule has 0 radical (unpaired) electrons. The van der Waals surface area contributed by atoms with Gasteiger partial charge in [0.1, 0.15) is 0 Å². The van der Waals surface area contributed by atoms with E-state index < -0.39 is 0 Å². The maximum atomic E-state index is 6.45. The average Bonchev–Trinajstić information content (AvgIpc) is 2.89. The van der Waals surface area contributed by atoms with Crippen LogP contribution in [0.5, 0.6) is 0 Å². The second-order valence-electron chi connectivity index (χ2n) is 4.33. The molecule has 0 bridgehead atoms. The molecule has 1 nitrogen and oxygen atoms in total. The van der Waals surface area contributed by atoms with Crippen LogP contribution in [0.1, 0.15) is 17.2 Å². The summed E-state index contributed by atoms with van der Waals surface area (Å²) < 4.78 is 2.40. The first kappa shape index (κ1) is 13.4. The van der Waals surface area contributed by atoms with Gasteiger partial charge in [0.05, 0.1) is 6.04 Å². The van der Waals surface area contributed by atoms with Gasteiger partial charge in [0.25, 0.3) is 0 Å². The molecule has 0 aliphatic rings. The number of rotatable bonds is 2. The lowest BCUT2D eigenvalue weighted by Gasteiger charge is -2.15. The van der Waals surface area contributed by atoms with Crippen molar-refractivity contribution in [1.82, 2.24) is 0 Å². The van der Waals surface area contributed by atoms with Gasteiger partial charge < -0.3 is 5.73 Å². The normalized spacial score (nSPS) is 12.8. The van der Waals surface area contributed by atoms with Gasteiger partial charge in [-0.25, -0.2) is 0 Å². The smallest absolute Gasteiger partial charge is 0.0576 e. The Bertz CT molecular complexity index is 738. The lowest BCUT2D eigenvalue weighted by atomic mass is 9.99. The SMILES string of the molecule is NC(c1cc(Cl)ccc1I)c1cccc2ccsc12. The topological polar surface area (TPSA) is 26.0 Å². The fourth-order valence-corrected chi connectivity index (χ4v) is 3.99. The molecule has 4 heteroatoms. The number of hydrogen-bond donors (Lipinski definition) is 1. The lowest BCUT2D eigenvalue weighted by Crippen LogP contribution is -2.13. The maximum Gasteiger partial charge on any atom is 0.0576 e. The summed E-state index contributed by atoms with van der Waals surface area (Å²) in [6.45, 7) is 0. The van der Waals surface area contributed by atoms with Crippen LogP contribution in [0.15, 0.2) is 47.8 Å². The van der Waals surface area contributed by atoms with Gasteiger partial charge in [-0.1, -0.05) is 29.8 Å². The molecule has 0 amide bonds. The molecule has 0 aliphatic carbocycles. The number of hydrogen-bond acceptors (Lipinski definition) is 2. The molecule has 3 rings (SSSR count). The molecule has 1 aromatic heterocycles. The standard InChI is InChI=1S/C15H11ClINS/c16-10-4-5-13(17)12(8-10)14(18)11-3-1-2-9-6-7-19-15(9)11/h1-8,14H,18H2. The number of fused-ring (bicyclic) bond motifs is 1. The average molecular weight is 400 g/mol. The summed E-state index contributed by atoms with van der Waals surface area (Å²) in [4.78, 5) is 0. The first-order valence-corrected chi connectivity index (χ1v) is 8.17. The zero-order valence-electron chi connectivity index (χ0n) is 9.94. The molecule has 0 spiro atoms. The van der Waals surface area contributed by atoms with Gasteiger partial charge in [-0.15, -0.1) is 11.3 Å². The van der Waals surface area contributed by atoms with Gasteiger partial charge in [-0.05, 0) is 68.7 Å². The van der Waals surface area contributed by atoms with Crippen LogP contribution in [0.2, 0.25) is 5.02 Å². The van der Waals surface area contributed by atoms with Crippen molar-refractivity contribution in [3.8, 4) is 0 Å². The van der Waals surface area contributed by atoms with Gasteiger partial charge in [0.15, 0.2) is 0 Å². The van der Waals surface area contributed by atoms with E-state index in [1.807, 2.05) is 18.2 Å². The summed E-state index contributed by atoms with van der Waals surface area (Å²) in [5, 5.41) is 4.07. The van der Waals surface area contributed by atoms with Crippen LogP contribution in [-0.4, -0.2) is 0 Å². The summed E-state index contributed by atoms with van der Waals surface area (Å²) in [5.74, 6) is 0. The van der Waals surface area contributed by atoms with Gasteiger partial charge in [0.2, 0.25) is 0 Å². The van der Waals surface area contributed by atoms with E-state index in [9.17, 15) is 0 Å². The van der Waals surface area contributed by atoms with E-state index in [1.165, 1.54) is 10.1 Å². The minimum atomic E-state index is -0.145. The Morgan fingerprint density at radius 2 is 1.95 bits per heavy atom. The quantitative estimate of drug-likeness (QED) is 0.588. The second kappa shape index (κ2) is 5.40. The van der Waals surface area contributed by atoms with Crippen LogP contribution < -0.4 is 5.73 Å². The number of benzene rings is 2. The maximum absolute atomic E-state index is 6.45. The first-order valence-electron chi connectivity index (χ1n) is 5.83. The molecular formula is C15H11ClINS. The zero-order valence-corrected chi connectivity index (χ0v) is 13.7. The number of nitrogens with two attached hydrogens (primary N) is 1. The van der Waals surface area contributed by atoms with Crippen molar-refractivity contribution < 1.29 is 0 Å². The van der Waals surface area contributed by atoms with Gasteiger partial charge in [-0.3, -0.25) is 0 Å². The summed E-state index contributed by atoms with van der Waals surface area (Å²) >= 11 is 10.1. The van der Waals surface area contributed by atoms with Gasteiger partial charge in [0, 0.05) is 13.3 Å². The molecule has 3 aromatic rings. The highest BCUT2D eigenvalue weighted by atomic mass is 127. The minimum Gasteiger partial charge on any atom is -0.320 e. The van der Waals surface area contributed by atoms with E-state index >= 15 is 0 Å². The molecular weight excluding hydrogens is 389 g/mol. The van der Waals surface area contributed by atoms with Crippen molar-refractivity contribution >= 4 is 55.6 Å². The highest BCUT2D eigenvalue weighted by Crippen LogP contribution is 2.33. The van der Waals surface area contributed by atoms with Crippen molar-refractivity contribution in [2.75, 3.05) is 0 Å². The predicted octanol–water partition coefficient (Wildman–Crippen LogP) is 5.21. The number of thiophene rings is 1. The van der Waals surface area contributed by atoms with Gasteiger partial charge >= 0.3 is 0 Å². The molecule has 19 heavy (non-hydrogen) atoms. The fraction of sp³-hybridized carbons (Fsp3) is 0.0667. The molecule has 2 aromatic carbocycles. The predicted molar refractivity (Wildman–Crippen MR) is 92.0 cm³/mol. The van der Waals surface area contributed by atoms with E-state index in [4.69, 9.17) is 17.3 Å². The van der Waals surface area contributed by atoms with E-state index in [-0.39, 0.29) is 6.04 Å². The van der Waals surface area contributed by atoms with E-state index in [0.29, 0.717) is 0 Å². The molecule has 2 N–H and O–H groups in total. The molecule has 0 saturated heterocycles. The van der Waals surface area contributed by atoms with Crippen molar-refractivity contribution in [3.05, 3.63) is 67.6 Å². The van der Waals surface area contributed by atoms with E-state index in [2.05, 4.69) is 52.2 Å². The highest BCUT2D eigenvalue weighted by molar-refractivity contribution is 14.1. The van der Waals surface area contributed by atoms with Crippen molar-refractivity contribution in [1.29, 1.82) is 0 Å². The Balaban J connectivity index is 2.15. The Labute approximate surface area is 134 Å². The molecule has 0 fully saturated rings. The second-order valence-corrected chi connectivity index (χ2v) is 6.84. The van der Waals surface area contributed by atoms with Crippen molar-refractivity contribution in [2.45, 2.75) is 6.04 Å². The minimum absolute atomic E-state index is 0.145. The van der Waals surface area contributed by atoms with Crippen LogP contribution in [0, 0.1) is 3.57 Å². The summed E-state index contributed by atoms with van der Waals surface area (Å²) in [5.41, 5.74) is 8.69. The third kappa shape index (κ3) is 2.52. The third-order valence-corrected chi connectivity index (χ3v) is 5.33. The van der Waals surface area contributed by atoms with Crippen LogP contribution in [0.25, 0.3) is 10.1 Å². The van der Waals surface area contributed by atoms with Crippen LogP contribution >= 0.6 is 45.5 Å². The summed E-state index contributed by atoms with van der Waals surface area (Å²) in [7, 11) is 0. The fourth-order valence-electron chi connectivity index (χ4n) is 2.18. The Morgan fingerprint density at radius 3 is 2.79 bits per heavy atom. The first-order chi connectivity index (χ1) is 9.16. The van der Waals surface area contributed by atoms with Gasteiger partial charge in [-0.2, -0.15) is 0 Å². The summed E-state index contributed by atoms with van der Waals surface area (Å²) in [6, 6.07) is 14.1. The molecule has 96 valence electrons. The van der Waals surface area contributed by atoms with Crippen molar-refractivity contribution in [2.24, 2.45) is 5.73 Å². The van der Waals surface area contributed by atoms with E-state index in [0.717, 1.165) is 19.7 Å². The lowest BCUT2D eigenvalue weighted by molar-refractivity contribution is 0.876. The highest BCUT2D eigenvalue weighted by Gasteiger charge is 2.15. The zero-order chi connectivity index (χ0) is 13.4. The van der Waals surface area contributed by atoms with Crippen LogP contribution in [-0.2, 0) is 0 Å². The monoisotopic (exact) mass is 399 g/mol. The third-order valence-electron chi connectivity index (χ3n) is 3.14. The van der Waals surface area contributed by atoms with Crippen LogP contribution in [0.3, 0.4) is 0 Å². The Kier molecular flexibility index (Phi) is 3.80. The molecule has 1 atom stereocenters. The summed E-state index contributed by atoms with van der Waals surface area (Å²) in [6.07, 6.45) is 0. The Morgan fingerprint density at radius 1 is 1.11 bits per heavy atom. The molecule has 0 aliphatic heterocycles. The Hall–Kier alpha value is -0.620. The molecule has 1 unspecified atom stereocenters. The number of halogens is 2.